The number of amides is 1. The maximum absolute atomic E-state index is 12.8. The Morgan fingerprint density at radius 3 is 2.19 bits per heavy atom. The first kappa shape index (κ1) is 19.7. The zero-order valence-corrected chi connectivity index (χ0v) is 15.8. The van der Waals surface area contributed by atoms with E-state index in [9.17, 15) is 14.0 Å². The third-order valence-electron chi connectivity index (χ3n) is 3.42. The highest BCUT2D eigenvalue weighted by Crippen LogP contribution is 2.35. The molecular formula is C18H17BrFNO5. The van der Waals surface area contributed by atoms with Gasteiger partial charge < -0.3 is 19.5 Å². The van der Waals surface area contributed by atoms with Gasteiger partial charge in [-0.05, 0) is 45.8 Å². The van der Waals surface area contributed by atoms with E-state index in [2.05, 4.69) is 21.2 Å². The van der Waals surface area contributed by atoms with Crippen LogP contribution in [0.3, 0.4) is 0 Å². The number of methoxy groups -OCH3 is 2. The predicted octanol–water partition coefficient (Wildman–Crippen LogP) is 3.08. The highest BCUT2D eigenvalue weighted by Gasteiger charge is 2.16. The number of ether oxygens (including phenoxy) is 3. The van der Waals surface area contributed by atoms with Gasteiger partial charge in [-0.15, -0.1) is 0 Å². The number of hydrogen-bond donors (Lipinski definition) is 1. The van der Waals surface area contributed by atoms with E-state index in [1.165, 1.54) is 38.5 Å². The molecule has 0 aliphatic rings. The van der Waals surface area contributed by atoms with Crippen LogP contribution in [0.2, 0.25) is 0 Å². The van der Waals surface area contributed by atoms with Crippen LogP contribution in [-0.2, 0) is 16.1 Å². The van der Waals surface area contributed by atoms with E-state index < -0.39 is 18.5 Å². The molecule has 2 aromatic rings. The minimum atomic E-state index is -0.689. The van der Waals surface area contributed by atoms with Crippen molar-refractivity contribution in [3.05, 3.63) is 57.8 Å². The van der Waals surface area contributed by atoms with Crippen LogP contribution in [0, 0.1) is 5.82 Å². The van der Waals surface area contributed by atoms with E-state index in [0.717, 1.165) is 5.56 Å². The van der Waals surface area contributed by atoms with Crippen LogP contribution in [0.5, 0.6) is 11.5 Å². The first-order valence-corrected chi connectivity index (χ1v) is 8.33. The van der Waals surface area contributed by atoms with E-state index in [0.29, 0.717) is 16.0 Å². The summed E-state index contributed by atoms with van der Waals surface area (Å²) in [5, 5.41) is 2.58. The van der Waals surface area contributed by atoms with Crippen LogP contribution in [0.15, 0.2) is 40.9 Å². The van der Waals surface area contributed by atoms with Crippen LogP contribution >= 0.6 is 15.9 Å². The van der Waals surface area contributed by atoms with Crippen LogP contribution in [0.25, 0.3) is 0 Å². The average molecular weight is 426 g/mol. The molecule has 0 bridgehead atoms. The molecule has 2 aromatic carbocycles. The molecule has 6 nitrogen and oxygen atoms in total. The van der Waals surface area contributed by atoms with E-state index in [4.69, 9.17) is 14.2 Å². The Bertz CT molecular complexity index is 770. The van der Waals surface area contributed by atoms with Crippen molar-refractivity contribution in [3.63, 3.8) is 0 Å². The largest absolute Gasteiger partial charge is 0.495 e. The molecule has 0 aliphatic heterocycles. The van der Waals surface area contributed by atoms with Crippen LogP contribution in [0.1, 0.15) is 15.9 Å². The summed E-state index contributed by atoms with van der Waals surface area (Å²) in [6, 6.07) is 8.67. The predicted molar refractivity (Wildman–Crippen MR) is 95.8 cm³/mol. The molecule has 0 spiro atoms. The summed E-state index contributed by atoms with van der Waals surface area (Å²) >= 11 is 3.30. The molecule has 2 rings (SSSR count). The zero-order chi connectivity index (χ0) is 19.1. The summed E-state index contributed by atoms with van der Waals surface area (Å²) in [6.45, 7) is -0.239. The second-order valence-electron chi connectivity index (χ2n) is 5.17. The van der Waals surface area contributed by atoms with Crippen molar-refractivity contribution in [2.75, 3.05) is 20.8 Å². The normalized spacial score (nSPS) is 10.2. The highest BCUT2D eigenvalue weighted by molar-refractivity contribution is 9.10. The monoisotopic (exact) mass is 425 g/mol. The van der Waals surface area contributed by atoms with Gasteiger partial charge in [-0.25, -0.2) is 9.18 Å². The molecule has 8 heteroatoms. The van der Waals surface area contributed by atoms with Crippen LogP contribution in [-0.4, -0.2) is 32.7 Å². The van der Waals surface area contributed by atoms with Crippen molar-refractivity contribution in [3.8, 4) is 11.5 Å². The molecule has 0 aromatic heterocycles. The van der Waals surface area contributed by atoms with Crippen molar-refractivity contribution >= 4 is 27.8 Å². The smallest absolute Gasteiger partial charge is 0.338 e. The van der Waals surface area contributed by atoms with Gasteiger partial charge in [-0.3, -0.25) is 4.79 Å². The van der Waals surface area contributed by atoms with Crippen LogP contribution < -0.4 is 14.8 Å². The third kappa shape index (κ3) is 5.19. The van der Waals surface area contributed by atoms with E-state index in [-0.39, 0.29) is 17.9 Å². The Labute approximate surface area is 158 Å². The maximum Gasteiger partial charge on any atom is 0.338 e. The topological polar surface area (TPSA) is 73.9 Å². The zero-order valence-electron chi connectivity index (χ0n) is 14.2. The summed E-state index contributed by atoms with van der Waals surface area (Å²) < 4.78 is 28.7. The van der Waals surface area contributed by atoms with Gasteiger partial charge >= 0.3 is 5.97 Å². The SMILES string of the molecule is COc1cc(C(=O)OCC(=O)NCc2ccc(F)cc2)cc(OC)c1Br. The molecule has 0 fully saturated rings. The molecule has 0 aliphatic carbocycles. The minimum Gasteiger partial charge on any atom is -0.495 e. The van der Waals surface area contributed by atoms with Crippen LogP contribution in [0.4, 0.5) is 4.39 Å². The fourth-order valence-corrected chi connectivity index (χ4v) is 2.61. The second-order valence-corrected chi connectivity index (χ2v) is 5.97. The lowest BCUT2D eigenvalue weighted by Gasteiger charge is -2.11. The Hall–Kier alpha value is -2.61. The van der Waals surface area contributed by atoms with Crippen molar-refractivity contribution < 1.29 is 28.2 Å². The molecule has 1 amide bonds. The lowest BCUT2D eigenvalue weighted by molar-refractivity contribution is -0.124. The van der Waals surface area contributed by atoms with Gasteiger partial charge in [0.25, 0.3) is 5.91 Å². The summed E-state index contributed by atoms with van der Waals surface area (Å²) in [4.78, 5) is 23.9. The molecule has 0 heterocycles. The molecule has 1 N–H and O–H groups in total. The lowest BCUT2D eigenvalue weighted by atomic mass is 10.2. The molecule has 26 heavy (non-hydrogen) atoms. The second kappa shape index (κ2) is 9.19. The number of rotatable bonds is 7. The summed E-state index contributed by atoms with van der Waals surface area (Å²) in [6.07, 6.45) is 0. The number of hydrogen-bond acceptors (Lipinski definition) is 5. The number of carbonyl (C=O) groups is 2. The van der Waals surface area contributed by atoms with Gasteiger partial charge in [0, 0.05) is 6.54 Å². The average Bonchev–Trinajstić information content (AvgIpc) is 2.65. The molecule has 0 saturated heterocycles. The van der Waals surface area contributed by atoms with Gasteiger partial charge in [0.2, 0.25) is 0 Å². The third-order valence-corrected chi connectivity index (χ3v) is 4.20. The Morgan fingerprint density at radius 1 is 1.08 bits per heavy atom. The summed E-state index contributed by atoms with van der Waals surface area (Å²) in [5.74, 6) is -0.715. The van der Waals surface area contributed by atoms with Gasteiger partial charge in [-0.2, -0.15) is 0 Å². The fourth-order valence-electron chi connectivity index (χ4n) is 2.06. The summed E-state index contributed by atoms with van der Waals surface area (Å²) in [7, 11) is 2.91. The van der Waals surface area contributed by atoms with Gasteiger partial charge in [-0.1, -0.05) is 12.1 Å². The summed E-state index contributed by atoms with van der Waals surface area (Å²) in [5.41, 5.74) is 0.918. The first-order valence-electron chi connectivity index (χ1n) is 7.54. The fraction of sp³-hybridized carbons (Fsp3) is 0.222. The highest BCUT2D eigenvalue weighted by atomic mass is 79.9. The van der Waals surface area contributed by atoms with E-state index in [1.54, 1.807) is 12.1 Å². The molecule has 138 valence electrons. The van der Waals surface area contributed by atoms with E-state index >= 15 is 0 Å². The van der Waals surface area contributed by atoms with Gasteiger partial charge in [0.15, 0.2) is 6.61 Å². The van der Waals surface area contributed by atoms with Gasteiger partial charge in [0.1, 0.15) is 21.8 Å². The Kier molecular flexibility index (Phi) is 6.97. The molecule has 0 unspecified atom stereocenters. The van der Waals surface area contributed by atoms with Crippen molar-refractivity contribution in [1.82, 2.24) is 5.32 Å². The van der Waals surface area contributed by atoms with Crippen molar-refractivity contribution in [2.45, 2.75) is 6.54 Å². The lowest BCUT2D eigenvalue weighted by Crippen LogP contribution is -2.28. The first-order chi connectivity index (χ1) is 12.4. The minimum absolute atomic E-state index is 0.188. The maximum atomic E-state index is 12.8. The molecule has 0 radical (unpaired) electrons. The standard InChI is InChI=1S/C18H17BrFNO5/c1-24-14-7-12(8-15(25-2)17(14)19)18(23)26-10-16(22)21-9-11-3-5-13(20)6-4-11/h3-8H,9-10H2,1-2H3,(H,21,22). The number of nitrogens with one attached hydrogen (secondary N) is 1. The Balaban J connectivity index is 1.91. The molecular weight excluding hydrogens is 409 g/mol. The van der Waals surface area contributed by atoms with Crippen molar-refractivity contribution in [2.24, 2.45) is 0 Å². The quantitative estimate of drug-likeness (QED) is 0.689. The number of carbonyl (C=O) groups excluding carboxylic acids is 2. The van der Waals surface area contributed by atoms with E-state index in [1.807, 2.05) is 0 Å². The number of benzene rings is 2. The Morgan fingerprint density at radius 2 is 1.65 bits per heavy atom. The molecule has 0 atom stereocenters. The molecule has 0 saturated carbocycles. The van der Waals surface area contributed by atoms with Gasteiger partial charge in [0.05, 0.1) is 19.8 Å². The number of halogens is 2. The van der Waals surface area contributed by atoms with Crippen molar-refractivity contribution in [1.29, 1.82) is 0 Å². The number of esters is 1.